The number of anilines is 3. The van der Waals surface area contributed by atoms with Gasteiger partial charge in [0.15, 0.2) is 0 Å². The lowest BCUT2D eigenvalue weighted by molar-refractivity contribution is 0.102. The van der Waals surface area contributed by atoms with E-state index in [0.717, 1.165) is 31.9 Å². The minimum absolute atomic E-state index is 0.194. The summed E-state index contributed by atoms with van der Waals surface area (Å²) >= 11 is 0. The number of aromatic nitrogens is 4. The van der Waals surface area contributed by atoms with E-state index in [2.05, 4.69) is 54.4 Å². The molecule has 1 aliphatic rings. The Labute approximate surface area is 170 Å². The van der Waals surface area contributed by atoms with Gasteiger partial charge in [0.05, 0.1) is 29.3 Å². The molecule has 0 bridgehead atoms. The lowest BCUT2D eigenvalue weighted by Gasteiger charge is -2.36. The fourth-order valence-corrected chi connectivity index (χ4v) is 3.65. The number of carbonyl (C=O) groups is 1. The Bertz CT molecular complexity index is 990. The molecule has 0 radical (unpaired) electrons. The lowest BCUT2D eigenvalue weighted by atomic mass is 10.2. The van der Waals surface area contributed by atoms with Gasteiger partial charge in [-0.3, -0.25) is 9.48 Å². The van der Waals surface area contributed by atoms with Gasteiger partial charge in [-0.25, -0.2) is 9.97 Å². The molecule has 0 atom stereocenters. The molecule has 1 aliphatic heterocycles. The summed E-state index contributed by atoms with van der Waals surface area (Å²) in [6.07, 6.45) is 3.32. The third-order valence-electron chi connectivity index (χ3n) is 5.32. The number of rotatable bonds is 4. The van der Waals surface area contributed by atoms with Gasteiger partial charge in [0.2, 0.25) is 5.95 Å². The van der Waals surface area contributed by atoms with Crippen molar-refractivity contribution in [3.8, 4) is 0 Å². The van der Waals surface area contributed by atoms with E-state index in [1.165, 1.54) is 5.69 Å². The largest absolute Gasteiger partial charge is 0.368 e. The van der Waals surface area contributed by atoms with Crippen molar-refractivity contribution in [1.29, 1.82) is 0 Å². The molecule has 1 N–H and O–H groups in total. The molecule has 1 fully saturated rings. The number of carbonyl (C=O) groups excluding carboxylic acids is 1. The number of piperazine rings is 1. The first-order valence-electron chi connectivity index (χ1n) is 9.71. The zero-order chi connectivity index (χ0) is 20.4. The van der Waals surface area contributed by atoms with Gasteiger partial charge in [0.25, 0.3) is 5.91 Å². The van der Waals surface area contributed by atoms with Crippen LogP contribution >= 0.6 is 0 Å². The van der Waals surface area contributed by atoms with Gasteiger partial charge in [0, 0.05) is 44.6 Å². The molecular weight excluding hydrogens is 366 g/mol. The van der Waals surface area contributed by atoms with E-state index >= 15 is 0 Å². The van der Waals surface area contributed by atoms with Crippen LogP contribution in [-0.2, 0) is 7.05 Å². The van der Waals surface area contributed by atoms with E-state index in [1.54, 1.807) is 17.1 Å². The van der Waals surface area contributed by atoms with Crippen LogP contribution in [0.25, 0.3) is 0 Å². The summed E-state index contributed by atoms with van der Waals surface area (Å²) in [5.41, 5.74) is 3.94. The molecule has 4 rings (SSSR count). The van der Waals surface area contributed by atoms with E-state index < -0.39 is 0 Å². The van der Waals surface area contributed by atoms with Gasteiger partial charge in [-0.1, -0.05) is 18.2 Å². The molecule has 3 heterocycles. The molecule has 2 aromatic heterocycles. The molecular formula is C21H25N7O. The Morgan fingerprint density at radius 1 is 0.966 bits per heavy atom. The Hall–Kier alpha value is -3.42. The second-order valence-corrected chi connectivity index (χ2v) is 7.20. The minimum Gasteiger partial charge on any atom is -0.368 e. The zero-order valence-electron chi connectivity index (χ0n) is 17.0. The summed E-state index contributed by atoms with van der Waals surface area (Å²) < 4.78 is 1.71. The first-order valence-corrected chi connectivity index (χ1v) is 9.71. The Balaban J connectivity index is 1.38. The van der Waals surface area contributed by atoms with Crippen molar-refractivity contribution in [1.82, 2.24) is 19.7 Å². The van der Waals surface area contributed by atoms with Crippen molar-refractivity contribution in [2.45, 2.75) is 13.8 Å². The Morgan fingerprint density at radius 2 is 1.59 bits per heavy atom. The number of aryl methyl sites for hydroxylation is 2. The van der Waals surface area contributed by atoms with E-state index in [0.29, 0.717) is 22.9 Å². The van der Waals surface area contributed by atoms with E-state index in [9.17, 15) is 4.79 Å². The van der Waals surface area contributed by atoms with E-state index in [1.807, 2.05) is 27.0 Å². The molecule has 0 aliphatic carbocycles. The number of para-hydroxylation sites is 1. The number of amides is 1. The highest BCUT2D eigenvalue weighted by Gasteiger charge is 2.20. The number of hydrogen-bond donors (Lipinski definition) is 1. The highest BCUT2D eigenvalue weighted by Crippen LogP contribution is 2.19. The van der Waals surface area contributed by atoms with Crippen LogP contribution in [0, 0.1) is 13.8 Å². The van der Waals surface area contributed by atoms with Crippen molar-refractivity contribution >= 4 is 23.2 Å². The van der Waals surface area contributed by atoms with E-state index in [-0.39, 0.29) is 5.91 Å². The molecule has 0 unspecified atom stereocenters. The highest BCUT2D eigenvalue weighted by atomic mass is 16.1. The van der Waals surface area contributed by atoms with Crippen LogP contribution in [0.2, 0.25) is 0 Å². The predicted octanol–water partition coefficient (Wildman–Crippen LogP) is 2.41. The van der Waals surface area contributed by atoms with Crippen LogP contribution in [0.15, 0.2) is 42.7 Å². The van der Waals surface area contributed by atoms with Gasteiger partial charge in [-0.15, -0.1) is 0 Å². The monoisotopic (exact) mass is 391 g/mol. The molecule has 1 aromatic carbocycles. The molecule has 8 nitrogen and oxygen atoms in total. The number of benzene rings is 1. The lowest BCUT2D eigenvalue weighted by Crippen LogP contribution is -2.47. The summed E-state index contributed by atoms with van der Waals surface area (Å²) in [5, 5.41) is 7.16. The molecule has 3 aromatic rings. The van der Waals surface area contributed by atoms with Gasteiger partial charge < -0.3 is 15.1 Å². The maximum Gasteiger partial charge on any atom is 0.259 e. The molecule has 0 saturated carbocycles. The second kappa shape index (κ2) is 7.90. The zero-order valence-corrected chi connectivity index (χ0v) is 17.0. The molecule has 29 heavy (non-hydrogen) atoms. The van der Waals surface area contributed by atoms with Crippen molar-refractivity contribution in [3.05, 3.63) is 59.7 Å². The third-order valence-corrected chi connectivity index (χ3v) is 5.32. The number of nitrogens with one attached hydrogen (secondary N) is 1. The summed E-state index contributed by atoms with van der Waals surface area (Å²) in [5.74, 6) is 0.491. The summed E-state index contributed by atoms with van der Waals surface area (Å²) in [6.45, 7) is 7.26. The fraction of sp³-hybridized carbons (Fsp3) is 0.333. The average molecular weight is 391 g/mol. The van der Waals surface area contributed by atoms with Crippen LogP contribution in [0.5, 0.6) is 0 Å². The maximum atomic E-state index is 12.6. The second-order valence-electron chi connectivity index (χ2n) is 7.20. The fourth-order valence-electron chi connectivity index (χ4n) is 3.65. The van der Waals surface area contributed by atoms with Gasteiger partial charge >= 0.3 is 0 Å². The van der Waals surface area contributed by atoms with Crippen LogP contribution in [0.3, 0.4) is 0 Å². The molecule has 150 valence electrons. The molecule has 1 saturated heterocycles. The first kappa shape index (κ1) is 18.9. The van der Waals surface area contributed by atoms with Crippen molar-refractivity contribution in [3.63, 3.8) is 0 Å². The van der Waals surface area contributed by atoms with Crippen LogP contribution in [-0.4, -0.2) is 51.8 Å². The van der Waals surface area contributed by atoms with Crippen LogP contribution in [0.4, 0.5) is 17.3 Å². The number of hydrogen-bond acceptors (Lipinski definition) is 6. The smallest absolute Gasteiger partial charge is 0.259 e. The summed E-state index contributed by atoms with van der Waals surface area (Å²) in [6, 6.07) is 10.4. The average Bonchev–Trinajstić information content (AvgIpc) is 3.01. The summed E-state index contributed by atoms with van der Waals surface area (Å²) in [4.78, 5) is 26.0. The van der Waals surface area contributed by atoms with Gasteiger partial charge in [-0.05, 0) is 26.0 Å². The van der Waals surface area contributed by atoms with Gasteiger partial charge in [0.1, 0.15) is 0 Å². The minimum atomic E-state index is -0.194. The van der Waals surface area contributed by atoms with Gasteiger partial charge in [-0.2, -0.15) is 5.10 Å². The number of nitrogens with zero attached hydrogens (tertiary/aromatic N) is 6. The van der Waals surface area contributed by atoms with Crippen LogP contribution < -0.4 is 15.1 Å². The van der Waals surface area contributed by atoms with Crippen molar-refractivity contribution in [2.24, 2.45) is 7.05 Å². The van der Waals surface area contributed by atoms with Crippen molar-refractivity contribution in [2.75, 3.05) is 41.3 Å². The Kier molecular flexibility index (Phi) is 5.16. The molecule has 8 heteroatoms. The molecule has 0 spiro atoms. The normalized spacial score (nSPS) is 14.2. The predicted molar refractivity (Wildman–Crippen MR) is 114 cm³/mol. The SMILES string of the molecule is Cc1nn(C)c(C)c1C(=O)Nc1cnc(N2CCN(c3ccccc3)CC2)nc1. The van der Waals surface area contributed by atoms with Crippen molar-refractivity contribution < 1.29 is 4.79 Å². The Morgan fingerprint density at radius 3 is 2.17 bits per heavy atom. The quantitative estimate of drug-likeness (QED) is 0.736. The first-order chi connectivity index (χ1) is 14.0. The van der Waals surface area contributed by atoms with E-state index in [4.69, 9.17) is 0 Å². The molecule has 1 amide bonds. The standard InChI is InChI=1S/C21H25N7O/c1-15-19(16(2)26(3)25-15)20(29)24-17-13-22-21(23-14-17)28-11-9-27(10-12-28)18-7-5-4-6-8-18/h4-8,13-14H,9-12H2,1-3H3,(H,24,29). The third kappa shape index (κ3) is 3.91. The summed E-state index contributed by atoms with van der Waals surface area (Å²) in [7, 11) is 1.83. The maximum absolute atomic E-state index is 12.6. The van der Waals surface area contributed by atoms with Crippen LogP contribution in [0.1, 0.15) is 21.7 Å². The highest BCUT2D eigenvalue weighted by molar-refractivity contribution is 6.05. The topological polar surface area (TPSA) is 79.2 Å².